The minimum absolute atomic E-state index is 0.228. The Hall–Kier alpha value is -1.50. The highest BCUT2D eigenvalue weighted by Gasteiger charge is 2.31. The second kappa shape index (κ2) is 9.13. The van der Waals surface area contributed by atoms with Crippen molar-refractivity contribution >= 4 is 29.5 Å². The van der Waals surface area contributed by atoms with Crippen molar-refractivity contribution in [3.63, 3.8) is 0 Å². The predicted molar refractivity (Wildman–Crippen MR) is 106 cm³/mol. The Kier molecular flexibility index (Phi) is 6.84. The van der Waals surface area contributed by atoms with Gasteiger partial charge < -0.3 is 10.5 Å². The van der Waals surface area contributed by atoms with Crippen LogP contribution in [0.15, 0.2) is 42.5 Å². The molecule has 2 N–H and O–H groups in total. The van der Waals surface area contributed by atoms with Crippen LogP contribution in [-0.2, 0) is 11.3 Å². The Bertz CT molecular complexity index is 779. The lowest BCUT2D eigenvalue weighted by molar-refractivity contribution is -0.110. The number of benzene rings is 2. The summed E-state index contributed by atoms with van der Waals surface area (Å²) in [5.74, 6) is -0.228. The topological polar surface area (TPSA) is 49.6 Å². The van der Waals surface area contributed by atoms with Crippen LogP contribution in [0.5, 0.6) is 0 Å². The molecule has 144 valence electrons. The maximum atomic E-state index is 13.1. The third kappa shape index (κ3) is 5.06. The van der Waals surface area contributed by atoms with Gasteiger partial charge in [0.15, 0.2) is 0 Å². The van der Waals surface area contributed by atoms with Crippen molar-refractivity contribution in [2.75, 3.05) is 26.2 Å². The zero-order chi connectivity index (χ0) is 19.4. The van der Waals surface area contributed by atoms with Crippen molar-refractivity contribution in [3.8, 4) is 0 Å². The first kappa shape index (κ1) is 20.2. The number of carbonyl (C=O) groups is 1. The number of halogens is 3. The Morgan fingerprint density at radius 3 is 2.33 bits per heavy atom. The number of rotatable bonds is 6. The van der Waals surface area contributed by atoms with Gasteiger partial charge >= 0.3 is 0 Å². The molecule has 7 heteroatoms. The molecule has 1 aliphatic heterocycles. The van der Waals surface area contributed by atoms with E-state index in [1.807, 2.05) is 6.07 Å². The number of hydrogen-bond donors (Lipinski definition) is 1. The first-order chi connectivity index (χ1) is 13.0. The van der Waals surface area contributed by atoms with Gasteiger partial charge in [0, 0.05) is 42.8 Å². The number of piperazine rings is 1. The molecule has 3 rings (SSSR count). The molecular formula is C20H22Cl2FN3O. The van der Waals surface area contributed by atoms with E-state index in [0.29, 0.717) is 10.0 Å². The lowest BCUT2D eigenvalue weighted by atomic mass is 9.98. The molecule has 0 amide bonds. The van der Waals surface area contributed by atoms with Gasteiger partial charge in [0.2, 0.25) is 0 Å². The van der Waals surface area contributed by atoms with Crippen molar-refractivity contribution in [1.29, 1.82) is 0 Å². The van der Waals surface area contributed by atoms with Gasteiger partial charge in [-0.15, -0.1) is 0 Å². The van der Waals surface area contributed by atoms with E-state index < -0.39 is 6.04 Å². The van der Waals surface area contributed by atoms with Gasteiger partial charge in [0.05, 0.1) is 12.1 Å². The predicted octanol–water partition coefficient (Wildman–Crippen LogP) is 3.52. The Morgan fingerprint density at radius 1 is 1.07 bits per heavy atom. The summed E-state index contributed by atoms with van der Waals surface area (Å²) in [5, 5.41) is 1.06. The van der Waals surface area contributed by atoms with Gasteiger partial charge in [-0.1, -0.05) is 41.4 Å². The van der Waals surface area contributed by atoms with Crippen LogP contribution in [0.1, 0.15) is 17.2 Å². The average Bonchev–Trinajstić information content (AvgIpc) is 2.66. The lowest BCUT2D eigenvalue weighted by Gasteiger charge is -2.41. The van der Waals surface area contributed by atoms with Crippen LogP contribution in [0.3, 0.4) is 0 Å². The van der Waals surface area contributed by atoms with E-state index in [0.717, 1.165) is 50.1 Å². The number of aldehydes is 1. The molecule has 1 aliphatic rings. The molecule has 1 heterocycles. The molecule has 2 atom stereocenters. The van der Waals surface area contributed by atoms with Crippen molar-refractivity contribution in [3.05, 3.63) is 69.5 Å². The van der Waals surface area contributed by atoms with Crippen LogP contribution in [0, 0.1) is 5.82 Å². The van der Waals surface area contributed by atoms with Gasteiger partial charge in [-0.3, -0.25) is 9.80 Å². The molecule has 2 aromatic rings. The van der Waals surface area contributed by atoms with Crippen LogP contribution < -0.4 is 5.73 Å². The first-order valence-corrected chi connectivity index (χ1v) is 9.60. The molecule has 0 spiro atoms. The molecule has 27 heavy (non-hydrogen) atoms. The second-order valence-corrected chi connectivity index (χ2v) is 7.61. The quantitative estimate of drug-likeness (QED) is 0.741. The van der Waals surface area contributed by atoms with Gasteiger partial charge in [-0.25, -0.2) is 4.39 Å². The van der Waals surface area contributed by atoms with Gasteiger partial charge in [-0.05, 0) is 35.4 Å². The summed E-state index contributed by atoms with van der Waals surface area (Å²) in [6.45, 7) is 3.92. The third-order valence-corrected chi connectivity index (χ3v) is 5.48. The van der Waals surface area contributed by atoms with Crippen LogP contribution in [0.25, 0.3) is 0 Å². The van der Waals surface area contributed by atoms with E-state index in [1.165, 1.54) is 12.1 Å². The van der Waals surface area contributed by atoms with E-state index in [1.54, 1.807) is 24.3 Å². The zero-order valence-electron chi connectivity index (χ0n) is 14.8. The molecule has 0 bridgehead atoms. The first-order valence-electron chi connectivity index (χ1n) is 8.84. The van der Waals surface area contributed by atoms with E-state index >= 15 is 0 Å². The Labute approximate surface area is 168 Å². The molecular weight excluding hydrogens is 388 g/mol. The summed E-state index contributed by atoms with van der Waals surface area (Å²) >= 11 is 12.4. The average molecular weight is 410 g/mol. The molecule has 2 aromatic carbocycles. The van der Waals surface area contributed by atoms with Crippen LogP contribution >= 0.6 is 23.2 Å². The largest absolute Gasteiger partial charge is 0.320 e. The third-order valence-electron chi connectivity index (χ3n) is 4.92. The second-order valence-electron chi connectivity index (χ2n) is 6.76. The van der Waals surface area contributed by atoms with Crippen molar-refractivity contribution in [2.45, 2.75) is 18.6 Å². The SMILES string of the molecule is NC(C=O)C(c1ccc(Cl)cc1Cl)N1CCN(Cc2ccc(F)cc2)CC1. The molecule has 1 fully saturated rings. The van der Waals surface area contributed by atoms with Gasteiger partial charge in [-0.2, -0.15) is 0 Å². The molecule has 0 radical (unpaired) electrons. The van der Waals surface area contributed by atoms with Gasteiger partial charge in [0.1, 0.15) is 12.1 Å². The van der Waals surface area contributed by atoms with E-state index in [-0.39, 0.29) is 11.9 Å². The molecule has 2 unspecified atom stereocenters. The summed E-state index contributed by atoms with van der Waals surface area (Å²) in [7, 11) is 0. The Morgan fingerprint density at radius 2 is 1.74 bits per heavy atom. The minimum Gasteiger partial charge on any atom is -0.320 e. The monoisotopic (exact) mass is 409 g/mol. The normalized spacial score (nSPS) is 18.2. The van der Waals surface area contributed by atoms with Crippen molar-refractivity contribution in [2.24, 2.45) is 5.73 Å². The number of nitrogens with zero attached hydrogens (tertiary/aromatic N) is 2. The van der Waals surface area contributed by atoms with Crippen LogP contribution in [0.4, 0.5) is 4.39 Å². The fraction of sp³-hybridized carbons (Fsp3) is 0.350. The van der Waals surface area contributed by atoms with Crippen LogP contribution in [0.2, 0.25) is 10.0 Å². The maximum absolute atomic E-state index is 13.1. The van der Waals surface area contributed by atoms with E-state index in [4.69, 9.17) is 28.9 Å². The summed E-state index contributed by atoms with van der Waals surface area (Å²) in [4.78, 5) is 15.9. The lowest BCUT2D eigenvalue weighted by Crippen LogP contribution is -2.51. The maximum Gasteiger partial charge on any atom is 0.138 e. The van der Waals surface area contributed by atoms with Crippen molar-refractivity contribution < 1.29 is 9.18 Å². The van der Waals surface area contributed by atoms with Gasteiger partial charge in [0.25, 0.3) is 0 Å². The van der Waals surface area contributed by atoms with E-state index in [2.05, 4.69) is 9.80 Å². The fourth-order valence-electron chi connectivity index (χ4n) is 3.51. The number of hydrogen-bond acceptors (Lipinski definition) is 4. The highest BCUT2D eigenvalue weighted by atomic mass is 35.5. The standard InChI is InChI=1S/C20H22Cl2FN3O/c21-15-3-6-17(18(22)11-15)20(19(24)13-27)26-9-7-25(8-10-26)12-14-1-4-16(23)5-2-14/h1-6,11,13,19-20H,7-10,12,24H2. The van der Waals surface area contributed by atoms with E-state index in [9.17, 15) is 9.18 Å². The molecule has 0 aromatic heterocycles. The summed E-state index contributed by atoms with van der Waals surface area (Å²) in [5.41, 5.74) is 8.00. The zero-order valence-corrected chi connectivity index (χ0v) is 16.3. The summed E-state index contributed by atoms with van der Waals surface area (Å²) < 4.78 is 13.1. The summed E-state index contributed by atoms with van der Waals surface area (Å²) in [6, 6.07) is 10.9. The Balaban J connectivity index is 1.69. The summed E-state index contributed by atoms with van der Waals surface area (Å²) in [6.07, 6.45) is 0.764. The minimum atomic E-state index is -0.674. The number of nitrogens with two attached hydrogens (primary N) is 1. The fourth-order valence-corrected chi connectivity index (χ4v) is 4.03. The highest BCUT2D eigenvalue weighted by molar-refractivity contribution is 6.35. The van der Waals surface area contributed by atoms with Crippen LogP contribution in [-0.4, -0.2) is 48.3 Å². The molecule has 4 nitrogen and oxygen atoms in total. The number of carbonyl (C=O) groups excluding carboxylic acids is 1. The highest BCUT2D eigenvalue weighted by Crippen LogP contribution is 2.32. The molecule has 1 saturated heterocycles. The van der Waals surface area contributed by atoms with Crippen molar-refractivity contribution in [1.82, 2.24) is 9.80 Å². The smallest absolute Gasteiger partial charge is 0.138 e. The molecule has 0 saturated carbocycles. The molecule has 0 aliphatic carbocycles.